The number of hydrogen-bond donors (Lipinski definition) is 0. The second kappa shape index (κ2) is 4.56. The molecule has 0 unspecified atom stereocenters. The Kier molecular flexibility index (Phi) is 3.24. The maximum absolute atomic E-state index is 12.4. The number of carbonyl (C=O) groups excluding carboxylic acids is 1. The minimum absolute atomic E-state index is 0.00369. The molecule has 0 amide bonds. The summed E-state index contributed by atoms with van der Waals surface area (Å²) in [6.07, 6.45) is 0. The maximum Gasteiger partial charge on any atom is 0.169 e. The fourth-order valence-corrected chi connectivity index (χ4v) is 2.17. The average Bonchev–Trinajstić information content (AvgIpc) is 2.68. The van der Waals surface area contributed by atoms with Gasteiger partial charge in [-0.15, -0.1) is 0 Å². The van der Waals surface area contributed by atoms with Gasteiger partial charge in [0.2, 0.25) is 0 Å². The van der Waals surface area contributed by atoms with E-state index in [1.54, 1.807) is 0 Å². The van der Waals surface area contributed by atoms with Crippen molar-refractivity contribution in [3.8, 4) is 0 Å². The summed E-state index contributed by atoms with van der Waals surface area (Å²) in [6.45, 7) is 10.0. The summed E-state index contributed by atoms with van der Waals surface area (Å²) in [4.78, 5) is 12.4. The molecule has 3 nitrogen and oxygen atoms in total. The molecule has 2 heterocycles. The van der Waals surface area contributed by atoms with E-state index >= 15 is 0 Å². The predicted octanol–water partition coefficient (Wildman–Crippen LogP) is 3.60. The topological polar surface area (TPSA) is 34.4 Å². The number of aromatic nitrogens is 2. The molecule has 0 aliphatic carbocycles. The first-order valence-corrected chi connectivity index (χ1v) is 6.46. The molecular formula is C15H20N2O. The van der Waals surface area contributed by atoms with Crippen molar-refractivity contribution in [2.45, 2.75) is 40.5 Å². The lowest BCUT2D eigenvalue weighted by Crippen LogP contribution is -2.10. The zero-order chi connectivity index (χ0) is 13.4. The summed E-state index contributed by atoms with van der Waals surface area (Å²) in [5.41, 5.74) is 3.68. The minimum atomic E-state index is -0.00369. The number of hydrogen-bond acceptors (Lipinski definition) is 2. The van der Waals surface area contributed by atoms with Crippen LogP contribution in [0.4, 0.5) is 0 Å². The van der Waals surface area contributed by atoms with Gasteiger partial charge < -0.3 is 0 Å². The van der Waals surface area contributed by atoms with Crippen LogP contribution in [-0.4, -0.2) is 15.4 Å². The molecule has 2 aromatic rings. The second-order valence-corrected chi connectivity index (χ2v) is 5.40. The Balaban J connectivity index is 2.79. The highest BCUT2D eigenvalue weighted by atomic mass is 16.1. The van der Waals surface area contributed by atoms with Crippen LogP contribution in [0.3, 0.4) is 0 Å². The van der Waals surface area contributed by atoms with Gasteiger partial charge >= 0.3 is 0 Å². The van der Waals surface area contributed by atoms with Gasteiger partial charge in [-0.2, -0.15) is 5.10 Å². The van der Waals surface area contributed by atoms with Crippen LogP contribution in [0.15, 0.2) is 18.2 Å². The van der Waals surface area contributed by atoms with E-state index in [2.05, 4.69) is 18.9 Å². The number of Topliss-reactive ketones (excluding diaryl/α,β-unsaturated/α-hetero) is 1. The van der Waals surface area contributed by atoms with Crippen LogP contribution >= 0.6 is 0 Å². The first-order chi connectivity index (χ1) is 8.43. The van der Waals surface area contributed by atoms with E-state index in [4.69, 9.17) is 0 Å². The SMILES string of the molecule is Cc1cccc2c(C(=O)C(C)C)c(C(C)C)nn12. The molecule has 0 atom stereocenters. The number of carbonyl (C=O) groups is 1. The number of aryl methyl sites for hydroxylation is 1. The van der Waals surface area contributed by atoms with Gasteiger partial charge in [0.1, 0.15) is 0 Å². The van der Waals surface area contributed by atoms with Crippen LogP contribution in [0.5, 0.6) is 0 Å². The van der Waals surface area contributed by atoms with Gasteiger partial charge in [-0.3, -0.25) is 4.79 Å². The van der Waals surface area contributed by atoms with Gasteiger partial charge in [0.15, 0.2) is 5.78 Å². The Morgan fingerprint density at radius 2 is 1.89 bits per heavy atom. The highest BCUT2D eigenvalue weighted by molar-refractivity contribution is 6.04. The lowest BCUT2D eigenvalue weighted by molar-refractivity contribution is 0.0939. The summed E-state index contributed by atoms with van der Waals surface area (Å²) in [7, 11) is 0. The molecule has 0 spiro atoms. The van der Waals surface area contributed by atoms with E-state index in [0.717, 1.165) is 22.5 Å². The first kappa shape index (κ1) is 12.8. The van der Waals surface area contributed by atoms with Crippen molar-refractivity contribution in [2.75, 3.05) is 0 Å². The fraction of sp³-hybridized carbons (Fsp3) is 0.467. The van der Waals surface area contributed by atoms with E-state index in [1.807, 2.05) is 43.5 Å². The van der Waals surface area contributed by atoms with Crippen LogP contribution < -0.4 is 0 Å². The average molecular weight is 244 g/mol. The molecule has 0 saturated carbocycles. The van der Waals surface area contributed by atoms with Crippen molar-refractivity contribution in [3.63, 3.8) is 0 Å². The quantitative estimate of drug-likeness (QED) is 0.773. The third-order valence-corrected chi connectivity index (χ3v) is 3.19. The Morgan fingerprint density at radius 3 is 2.44 bits per heavy atom. The van der Waals surface area contributed by atoms with Crippen molar-refractivity contribution in [2.24, 2.45) is 5.92 Å². The smallest absolute Gasteiger partial charge is 0.169 e. The number of pyridine rings is 1. The summed E-state index contributed by atoms with van der Waals surface area (Å²) in [5.74, 6) is 0.428. The van der Waals surface area contributed by atoms with Crippen LogP contribution in [0.2, 0.25) is 0 Å². The summed E-state index contributed by atoms with van der Waals surface area (Å²) in [5, 5.41) is 4.61. The third-order valence-electron chi connectivity index (χ3n) is 3.19. The molecule has 0 aliphatic rings. The Hall–Kier alpha value is -1.64. The number of nitrogens with zero attached hydrogens (tertiary/aromatic N) is 2. The molecule has 18 heavy (non-hydrogen) atoms. The van der Waals surface area contributed by atoms with Gasteiger partial charge in [0, 0.05) is 11.6 Å². The standard InChI is InChI=1S/C15H20N2O/c1-9(2)14-13(15(18)10(3)4)12-8-6-7-11(5)17(12)16-14/h6-10H,1-5H3. The van der Waals surface area contributed by atoms with E-state index in [0.29, 0.717) is 0 Å². The lowest BCUT2D eigenvalue weighted by Gasteiger charge is -2.07. The summed E-state index contributed by atoms with van der Waals surface area (Å²) >= 11 is 0. The fourth-order valence-electron chi connectivity index (χ4n) is 2.17. The van der Waals surface area contributed by atoms with Crippen molar-refractivity contribution >= 4 is 11.3 Å². The molecule has 3 heteroatoms. The lowest BCUT2D eigenvalue weighted by atomic mass is 9.95. The highest BCUT2D eigenvalue weighted by Crippen LogP contribution is 2.26. The number of fused-ring (bicyclic) bond motifs is 1. The van der Waals surface area contributed by atoms with Gasteiger partial charge in [0.05, 0.1) is 16.8 Å². The van der Waals surface area contributed by atoms with Gasteiger partial charge in [-0.1, -0.05) is 33.8 Å². The van der Waals surface area contributed by atoms with E-state index in [-0.39, 0.29) is 17.6 Å². The second-order valence-electron chi connectivity index (χ2n) is 5.40. The van der Waals surface area contributed by atoms with Crippen LogP contribution in [0, 0.1) is 12.8 Å². The summed E-state index contributed by atoms with van der Waals surface area (Å²) in [6, 6.07) is 5.96. The Bertz CT molecular complexity index is 594. The molecule has 0 aliphatic heterocycles. The van der Waals surface area contributed by atoms with Crippen LogP contribution in [0.1, 0.15) is 55.4 Å². The zero-order valence-corrected chi connectivity index (χ0v) is 11.7. The first-order valence-electron chi connectivity index (χ1n) is 6.46. The van der Waals surface area contributed by atoms with Crippen molar-refractivity contribution in [1.29, 1.82) is 0 Å². The highest BCUT2D eigenvalue weighted by Gasteiger charge is 2.23. The molecule has 2 aromatic heterocycles. The van der Waals surface area contributed by atoms with Crippen molar-refractivity contribution in [3.05, 3.63) is 35.2 Å². The molecule has 0 aromatic carbocycles. The van der Waals surface area contributed by atoms with Gasteiger partial charge in [0.25, 0.3) is 0 Å². The third kappa shape index (κ3) is 1.94. The molecule has 96 valence electrons. The van der Waals surface area contributed by atoms with E-state index < -0.39 is 0 Å². The van der Waals surface area contributed by atoms with Crippen LogP contribution in [-0.2, 0) is 0 Å². The number of rotatable bonds is 3. The molecular weight excluding hydrogens is 224 g/mol. The molecule has 0 radical (unpaired) electrons. The molecule has 0 bridgehead atoms. The normalized spacial score (nSPS) is 11.7. The zero-order valence-electron chi connectivity index (χ0n) is 11.7. The van der Waals surface area contributed by atoms with E-state index in [9.17, 15) is 4.79 Å². The molecule has 0 saturated heterocycles. The minimum Gasteiger partial charge on any atom is -0.294 e. The van der Waals surface area contributed by atoms with Crippen molar-refractivity contribution in [1.82, 2.24) is 9.61 Å². The van der Waals surface area contributed by atoms with E-state index in [1.165, 1.54) is 0 Å². The monoisotopic (exact) mass is 244 g/mol. The van der Waals surface area contributed by atoms with Crippen LogP contribution in [0.25, 0.3) is 5.52 Å². The Labute approximate surface area is 108 Å². The summed E-state index contributed by atoms with van der Waals surface area (Å²) < 4.78 is 1.88. The molecule has 2 rings (SSSR count). The van der Waals surface area contributed by atoms with Gasteiger partial charge in [-0.05, 0) is 25.0 Å². The largest absolute Gasteiger partial charge is 0.294 e. The Morgan fingerprint density at radius 1 is 1.22 bits per heavy atom. The molecule has 0 fully saturated rings. The van der Waals surface area contributed by atoms with Gasteiger partial charge in [-0.25, -0.2) is 4.52 Å². The number of ketones is 1. The van der Waals surface area contributed by atoms with Crippen molar-refractivity contribution < 1.29 is 4.79 Å². The predicted molar refractivity (Wildman–Crippen MR) is 73.2 cm³/mol. The molecule has 0 N–H and O–H groups in total. The maximum atomic E-state index is 12.4.